The molecule has 2 aliphatic rings. The van der Waals surface area contributed by atoms with Gasteiger partial charge in [-0.15, -0.1) is 0 Å². The normalized spacial score (nSPS) is 18.3. The Labute approximate surface area is 156 Å². The predicted octanol–water partition coefficient (Wildman–Crippen LogP) is 3.77. The van der Waals surface area contributed by atoms with Crippen LogP contribution >= 0.6 is 23.2 Å². The number of carbonyl (C=O) groups excluding carboxylic acids is 3. The second-order valence-corrected chi connectivity index (χ2v) is 7.47. The lowest BCUT2D eigenvalue weighted by Gasteiger charge is -2.28. The number of likely N-dealkylation sites (N-methyl/N-ethyl adjacent to an activating group) is 1. The molecule has 1 aliphatic heterocycles. The summed E-state index contributed by atoms with van der Waals surface area (Å²) in [4.78, 5) is 40.3. The highest BCUT2D eigenvalue weighted by atomic mass is 35.5. The van der Waals surface area contributed by atoms with E-state index in [1.807, 2.05) is 0 Å². The first kappa shape index (κ1) is 18.2. The molecule has 0 unspecified atom stereocenters. The largest absolute Gasteiger partial charge is 0.341 e. The van der Waals surface area contributed by atoms with E-state index in [1.165, 1.54) is 25.0 Å². The molecule has 7 heteroatoms. The van der Waals surface area contributed by atoms with E-state index < -0.39 is 11.8 Å². The highest BCUT2D eigenvalue weighted by Gasteiger charge is 2.38. The van der Waals surface area contributed by atoms with Gasteiger partial charge in [-0.3, -0.25) is 19.3 Å². The fraction of sp³-hybridized carbons (Fsp3) is 0.500. The third-order valence-electron chi connectivity index (χ3n) is 5.07. The van der Waals surface area contributed by atoms with Crippen LogP contribution in [0.1, 0.15) is 59.2 Å². The van der Waals surface area contributed by atoms with E-state index in [2.05, 4.69) is 0 Å². The van der Waals surface area contributed by atoms with Crippen LogP contribution < -0.4 is 0 Å². The second-order valence-electron chi connectivity index (χ2n) is 6.66. The molecule has 0 N–H and O–H groups in total. The number of fused-ring (bicyclic) bond motifs is 1. The summed E-state index contributed by atoms with van der Waals surface area (Å²) in [7, 11) is 1.75. The van der Waals surface area contributed by atoms with E-state index in [1.54, 1.807) is 11.9 Å². The van der Waals surface area contributed by atoms with Crippen molar-refractivity contribution in [3.63, 3.8) is 0 Å². The number of benzene rings is 1. The molecule has 0 bridgehead atoms. The zero-order chi connectivity index (χ0) is 18.1. The van der Waals surface area contributed by atoms with Gasteiger partial charge in [0.05, 0.1) is 21.2 Å². The number of hydrogen-bond acceptors (Lipinski definition) is 3. The first-order valence-electron chi connectivity index (χ1n) is 8.51. The maximum Gasteiger partial charge on any atom is 0.262 e. The quantitative estimate of drug-likeness (QED) is 0.590. The maximum atomic E-state index is 12.6. The van der Waals surface area contributed by atoms with Crippen molar-refractivity contribution in [1.29, 1.82) is 0 Å². The van der Waals surface area contributed by atoms with Crippen LogP contribution in [-0.4, -0.2) is 47.2 Å². The second kappa shape index (κ2) is 7.34. The van der Waals surface area contributed by atoms with Crippen molar-refractivity contribution in [2.75, 3.05) is 13.6 Å². The average molecular weight is 383 g/mol. The summed E-state index contributed by atoms with van der Waals surface area (Å²) in [5, 5.41) is 0.427. The van der Waals surface area contributed by atoms with Crippen LogP contribution in [0.3, 0.4) is 0 Å². The van der Waals surface area contributed by atoms with Crippen LogP contribution in [0, 0.1) is 0 Å². The third-order valence-corrected chi connectivity index (χ3v) is 5.79. The topological polar surface area (TPSA) is 57.7 Å². The Balaban J connectivity index is 1.73. The van der Waals surface area contributed by atoms with Crippen LogP contribution in [0.5, 0.6) is 0 Å². The molecule has 1 saturated carbocycles. The molecule has 3 rings (SSSR count). The number of carbonyl (C=O) groups is 3. The number of hydrogen-bond donors (Lipinski definition) is 0. The van der Waals surface area contributed by atoms with Gasteiger partial charge in [-0.05, 0) is 25.0 Å². The molecule has 0 atom stereocenters. The standard InChI is InChI=1S/C18H20Cl2N2O3/c1-21(11-6-4-2-3-5-7-11)16(23)10-22-17(24)12-8-14(19)15(20)9-13(12)18(22)25/h8-9,11H,2-7,10H2,1H3. The van der Waals surface area contributed by atoms with Gasteiger partial charge in [0, 0.05) is 13.1 Å². The average Bonchev–Trinajstić information content (AvgIpc) is 2.82. The first-order valence-corrected chi connectivity index (χ1v) is 9.26. The van der Waals surface area contributed by atoms with Crippen molar-refractivity contribution >= 4 is 40.9 Å². The molecule has 25 heavy (non-hydrogen) atoms. The Bertz CT molecular complexity index is 686. The van der Waals surface area contributed by atoms with Crippen LogP contribution in [0.25, 0.3) is 0 Å². The van der Waals surface area contributed by atoms with Crippen molar-refractivity contribution in [3.05, 3.63) is 33.3 Å². The Morgan fingerprint density at radius 2 is 1.52 bits per heavy atom. The Hall–Kier alpha value is -1.59. The lowest BCUT2D eigenvalue weighted by Crippen LogP contribution is -2.45. The van der Waals surface area contributed by atoms with E-state index in [0.717, 1.165) is 30.6 Å². The van der Waals surface area contributed by atoms with Crippen molar-refractivity contribution in [3.8, 4) is 0 Å². The fourth-order valence-corrected chi connectivity index (χ4v) is 3.85. The molecule has 3 amide bonds. The lowest BCUT2D eigenvalue weighted by molar-refractivity contribution is -0.132. The van der Waals surface area contributed by atoms with Crippen LogP contribution in [0.2, 0.25) is 10.0 Å². The van der Waals surface area contributed by atoms with Crippen molar-refractivity contribution < 1.29 is 14.4 Å². The molecule has 1 fully saturated rings. The maximum absolute atomic E-state index is 12.6. The highest BCUT2D eigenvalue weighted by Crippen LogP contribution is 2.31. The summed E-state index contributed by atoms with van der Waals surface area (Å²) in [6.07, 6.45) is 6.53. The third kappa shape index (κ3) is 3.53. The first-order chi connectivity index (χ1) is 11.9. The number of rotatable bonds is 3. The summed E-state index contributed by atoms with van der Waals surface area (Å²) in [5.41, 5.74) is 0.397. The Kier molecular flexibility index (Phi) is 5.35. The zero-order valence-corrected chi connectivity index (χ0v) is 15.6. The molecule has 1 heterocycles. The predicted molar refractivity (Wildman–Crippen MR) is 96.1 cm³/mol. The molecule has 134 valence electrons. The molecule has 1 aromatic rings. The van der Waals surface area contributed by atoms with Crippen molar-refractivity contribution in [1.82, 2.24) is 9.80 Å². The summed E-state index contributed by atoms with van der Waals surface area (Å²) in [5.74, 6) is -1.22. The summed E-state index contributed by atoms with van der Waals surface area (Å²) < 4.78 is 0. The molecule has 0 radical (unpaired) electrons. The van der Waals surface area contributed by atoms with Gasteiger partial charge in [-0.25, -0.2) is 0 Å². The van der Waals surface area contributed by atoms with E-state index in [4.69, 9.17) is 23.2 Å². The SMILES string of the molecule is CN(C(=O)CN1C(=O)c2cc(Cl)c(Cl)cc2C1=O)C1CCCCCC1. The zero-order valence-electron chi connectivity index (χ0n) is 14.1. The number of nitrogens with zero attached hydrogens (tertiary/aromatic N) is 2. The van der Waals surface area contributed by atoms with E-state index in [9.17, 15) is 14.4 Å². The lowest BCUT2D eigenvalue weighted by atomic mass is 10.1. The molecule has 0 spiro atoms. The minimum atomic E-state index is -0.499. The van der Waals surface area contributed by atoms with Gasteiger partial charge in [0.1, 0.15) is 6.54 Å². The van der Waals surface area contributed by atoms with E-state index >= 15 is 0 Å². The van der Waals surface area contributed by atoms with Gasteiger partial charge >= 0.3 is 0 Å². The molecule has 5 nitrogen and oxygen atoms in total. The number of amides is 3. The monoisotopic (exact) mass is 382 g/mol. The van der Waals surface area contributed by atoms with Gasteiger partial charge in [-0.2, -0.15) is 0 Å². The van der Waals surface area contributed by atoms with Gasteiger partial charge in [0.25, 0.3) is 11.8 Å². The molecular formula is C18H20Cl2N2O3. The van der Waals surface area contributed by atoms with Crippen LogP contribution in [0.15, 0.2) is 12.1 Å². The van der Waals surface area contributed by atoms with Crippen LogP contribution in [-0.2, 0) is 4.79 Å². The molecule has 1 aromatic carbocycles. The van der Waals surface area contributed by atoms with Gasteiger partial charge in [-0.1, -0.05) is 48.9 Å². The summed E-state index contributed by atoms with van der Waals surface area (Å²) in [6, 6.07) is 2.95. The molecule has 0 saturated heterocycles. The van der Waals surface area contributed by atoms with Crippen LogP contribution in [0.4, 0.5) is 0 Å². The van der Waals surface area contributed by atoms with Gasteiger partial charge in [0.15, 0.2) is 0 Å². The van der Waals surface area contributed by atoms with Gasteiger partial charge in [0.2, 0.25) is 5.91 Å². The minimum absolute atomic E-state index is 0.175. The van der Waals surface area contributed by atoms with Gasteiger partial charge < -0.3 is 4.90 Å². The Morgan fingerprint density at radius 3 is 2.00 bits per heavy atom. The van der Waals surface area contributed by atoms with E-state index in [-0.39, 0.29) is 39.7 Å². The summed E-state index contributed by atoms with van der Waals surface area (Å²) >= 11 is 11.9. The molecule has 1 aliphatic carbocycles. The number of imide groups is 1. The minimum Gasteiger partial charge on any atom is -0.341 e. The van der Waals surface area contributed by atoms with Crippen molar-refractivity contribution in [2.45, 2.75) is 44.6 Å². The van der Waals surface area contributed by atoms with Crippen molar-refractivity contribution in [2.24, 2.45) is 0 Å². The molecular weight excluding hydrogens is 363 g/mol. The Morgan fingerprint density at radius 1 is 1.04 bits per heavy atom. The molecule has 0 aromatic heterocycles. The highest BCUT2D eigenvalue weighted by molar-refractivity contribution is 6.43. The van der Waals surface area contributed by atoms with E-state index in [0.29, 0.717) is 0 Å². The number of halogens is 2. The fourth-order valence-electron chi connectivity index (χ4n) is 3.52. The smallest absolute Gasteiger partial charge is 0.262 e. The summed E-state index contributed by atoms with van der Waals surface area (Å²) in [6.45, 7) is -0.255.